The van der Waals surface area contributed by atoms with Crippen LogP contribution in [0.5, 0.6) is 0 Å². The number of sulfonamides is 1. The number of fused-ring (bicyclic) bond motifs is 1. The van der Waals surface area contributed by atoms with Crippen molar-refractivity contribution in [3.8, 4) is 0 Å². The molecule has 0 saturated carbocycles. The summed E-state index contributed by atoms with van der Waals surface area (Å²) in [6.45, 7) is 2.30. The number of nitrogens with zero attached hydrogens (tertiary/aromatic N) is 1. The molecule has 1 aliphatic rings. The zero-order valence-corrected chi connectivity index (χ0v) is 18.8. The third-order valence-electron chi connectivity index (χ3n) is 5.24. The first-order chi connectivity index (χ1) is 14.4. The summed E-state index contributed by atoms with van der Waals surface area (Å²) in [4.78, 5) is 13.0. The summed E-state index contributed by atoms with van der Waals surface area (Å²) in [6, 6.07) is 21.4. The van der Waals surface area contributed by atoms with Crippen LogP contribution in [0.3, 0.4) is 0 Å². The van der Waals surface area contributed by atoms with Crippen molar-refractivity contribution in [3.63, 3.8) is 0 Å². The van der Waals surface area contributed by atoms with Crippen molar-refractivity contribution in [1.29, 1.82) is 0 Å². The van der Waals surface area contributed by atoms with Crippen molar-refractivity contribution >= 4 is 37.5 Å². The van der Waals surface area contributed by atoms with Crippen LogP contribution in [-0.2, 0) is 16.4 Å². The number of carbonyl (C=O) groups excluding carboxylic acids is 1. The van der Waals surface area contributed by atoms with E-state index in [-0.39, 0.29) is 16.8 Å². The van der Waals surface area contributed by atoms with Crippen LogP contribution in [0.1, 0.15) is 34.5 Å². The van der Waals surface area contributed by atoms with Crippen molar-refractivity contribution < 1.29 is 13.2 Å². The monoisotopic (exact) mass is 484 g/mol. The van der Waals surface area contributed by atoms with Crippen LogP contribution in [0.2, 0.25) is 0 Å². The first-order valence-electron chi connectivity index (χ1n) is 9.63. The summed E-state index contributed by atoms with van der Waals surface area (Å²) in [5, 5.41) is 3.00. The molecular weight excluding hydrogens is 464 g/mol. The average molecular weight is 485 g/mol. The smallest absolute Gasteiger partial charge is 0.264 e. The minimum absolute atomic E-state index is 0.124. The van der Waals surface area contributed by atoms with Gasteiger partial charge in [0.25, 0.3) is 15.9 Å². The minimum Gasteiger partial charge on any atom is -0.346 e. The first kappa shape index (κ1) is 20.6. The Balaban J connectivity index is 1.55. The molecule has 0 bridgehead atoms. The molecule has 0 fully saturated rings. The molecule has 5 nitrogen and oxygen atoms in total. The number of hydrogen-bond donors (Lipinski definition) is 1. The highest BCUT2D eigenvalue weighted by Gasteiger charge is 2.31. The van der Waals surface area contributed by atoms with E-state index in [0.717, 1.165) is 15.6 Å². The van der Waals surface area contributed by atoms with Crippen LogP contribution in [0.15, 0.2) is 82.2 Å². The van der Waals surface area contributed by atoms with E-state index in [1.165, 1.54) is 4.31 Å². The molecule has 1 N–H and O–H groups in total. The fraction of sp³-hybridized carbons (Fsp3) is 0.174. The number of halogens is 1. The highest BCUT2D eigenvalue weighted by molar-refractivity contribution is 9.10. The number of rotatable bonds is 5. The molecule has 0 radical (unpaired) electrons. The van der Waals surface area contributed by atoms with Gasteiger partial charge in [-0.1, -0.05) is 46.3 Å². The molecule has 1 heterocycles. The van der Waals surface area contributed by atoms with Crippen LogP contribution >= 0.6 is 15.9 Å². The van der Waals surface area contributed by atoms with E-state index in [1.54, 1.807) is 42.5 Å². The predicted octanol–water partition coefficient (Wildman–Crippen LogP) is 4.69. The van der Waals surface area contributed by atoms with Gasteiger partial charge in [0.1, 0.15) is 0 Å². The van der Waals surface area contributed by atoms with Gasteiger partial charge in [0.2, 0.25) is 0 Å². The van der Waals surface area contributed by atoms with E-state index in [1.807, 2.05) is 37.3 Å². The average Bonchev–Trinajstić information content (AvgIpc) is 3.18. The van der Waals surface area contributed by atoms with Crippen molar-refractivity contribution in [1.82, 2.24) is 5.32 Å². The molecule has 0 aliphatic carbocycles. The van der Waals surface area contributed by atoms with Crippen molar-refractivity contribution in [2.45, 2.75) is 24.3 Å². The standard InChI is InChI=1S/C23H21BrN2O3S/c1-16(17-5-3-2-4-6-17)25-23(27)19-7-12-22-18(15-19)13-14-26(22)30(28,29)21-10-8-20(24)9-11-21/h2-12,15-16H,13-14H2,1H3,(H,25,27)/t16-/m0/s1. The fourth-order valence-electron chi connectivity index (χ4n) is 3.60. The molecule has 1 amide bonds. The largest absolute Gasteiger partial charge is 0.346 e. The molecule has 0 saturated heterocycles. The molecule has 30 heavy (non-hydrogen) atoms. The van der Waals surface area contributed by atoms with Crippen LogP contribution in [0, 0.1) is 0 Å². The van der Waals surface area contributed by atoms with Gasteiger partial charge >= 0.3 is 0 Å². The highest BCUT2D eigenvalue weighted by atomic mass is 79.9. The Morgan fingerprint density at radius 2 is 1.73 bits per heavy atom. The van der Waals surface area contributed by atoms with Crippen molar-refractivity contribution in [2.24, 2.45) is 0 Å². The van der Waals surface area contributed by atoms with E-state index in [2.05, 4.69) is 21.2 Å². The van der Waals surface area contributed by atoms with E-state index < -0.39 is 10.0 Å². The van der Waals surface area contributed by atoms with Gasteiger partial charge in [-0.3, -0.25) is 9.10 Å². The molecule has 3 aromatic carbocycles. The third-order valence-corrected chi connectivity index (χ3v) is 7.60. The maximum Gasteiger partial charge on any atom is 0.264 e. The molecule has 0 spiro atoms. The fourth-order valence-corrected chi connectivity index (χ4v) is 5.37. The molecular formula is C23H21BrN2O3S. The molecule has 4 rings (SSSR count). The Hall–Kier alpha value is -2.64. The first-order valence-corrected chi connectivity index (χ1v) is 11.9. The maximum absolute atomic E-state index is 13.1. The van der Waals surface area contributed by atoms with Crippen LogP contribution in [-0.4, -0.2) is 20.9 Å². The normalized spacial score (nSPS) is 14.3. The predicted molar refractivity (Wildman–Crippen MR) is 121 cm³/mol. The zero-order valence-electron chi connectivity index (χ0n) is 16.4. The number of nitrogens with one attached hydrogen (secondary N) is 1. The van der Waals surface area contributed by atoms with Gasteiger partial charge in [-0.05, 0) is 66.9 Å². The Kier molecular flexibility index (Phi) is 5.66. The Morgan fingerprint density at radius 3 is 2.43 bits per heavy atom. The van der Waals surface area contributed by atoms with Gasteiger partial charge in [-0.25, -0.2) is 8.42 Å². The van der Waals surface area contributed by atoms with E-state index in [4.69, 9.17) is 0 Å². The summed E-state index contributed by atoms with van der Waals surface area (Å²) in [5.41, 5.74) is 3.04. The number of carbonyl (C=O) groups is 1. The van der Waals surface area contributed by atoms with Gasteiger partial charge in [0.15, 0.2) is 0 Å². The number of anilines is 1. The lowest BCUT2D eigenvalue weighted by molar-refractivity contribution is 0.0940. The minimum atomic E-state index is -3.65. The second-order valence-corrected chi connectivity index (χ2v) is 10.0. The lowest BCUT2D eigenvalue weighted by Crippen LogP contribution is -2.29. The van der Waals surface area contributed by atoms with E-state index in [0.29, 0.717) is 24.2 Å². The zero-order chi connectivity index (χ0) is 21.3. The lowest BCUT2D eigenvalue weighted by atomic mass is 10.1. The molecule has 0 aromatic heterocycles. The topological polar surface area (TPSA) is 66.5 Å². The summed E-state index contributed by atoms with van der Waals surface area (Å²) in [5.74, 6) is -0.177. The van der Waals surface area contributed by atoms with Gasteiger partial charge in [0, 0.05) is 16.6 Å². The Labute approximate surface area is 184 Å². The van der Waals surface area contributed by atoms with Gasteiger partial charge in [0.05, 0.1) is 16.6 Å². The van der Waals surface area contributed by atoms with Gasteiger partial charge < -0.3 is 5.32 Å². The number of benzene rings is 3. The molecule has 0 unspecified atom stereocenters. The summed E-state index contributed by atoms with van der Waals surface area (Å²) >= 11 is 3.33. The molecule has 1 aliphatic heterocycles. The van der Waals surface area contributed by atoms with Gasteiger partial charge in [-0.15, -0.1) is 0 Å². The second-order valence-electron chi connectivity index (χ2n) is 7.23. The second kappa shape index (κ2) is 8.24. The van der Waals surface area contributed by atoms with Crippen LogP contribution in [0.4, 0.5) is 5.69 Å². The van der Waals surface area contributed by atoms with E-state index >= 15 is 0 Å². The van der Waals surface area contributed by atoms with E-state index in [9.17, 15) is 13.2 Å². The van der Waals surface area contributed by atoms with Crippen LogP contribution < -0.4 is 9.62 Å². The SMILES string of the molecule is C[C@H](NC(=O)c1ccc2c(c1)CCN2S(=O)(=O)c1ccc(Br)cc1)c1ccccc1. The number of hydrogen-bond acceptors (Lipinski definition) is 3. The lowest BCUT2D eigenvalue weighted by Gasteiger charge is -2.20. The Morgan fingerprint density at radius 1 is 1.03 bits per heavy atom. The third kappa shape index (κ3) is 4.00. The summed E-state index contributed by atoms with van der Waals surface area (Å²) < 4.78 is 28.4. The van der Waals surface area contributed by atoms with Crippen LogP contribution in [0.25, 0.3) is 0 Å². The molecule has 3 aromatic rings. The number of amides is 1. The van der Waals surface area contributed by atoms with Gasteiger partial charge in [-0.2, -0.15) is 0 Å². The molecule has 154 valence electrons. The quantitative estimate of drug-likeness (QED) is 0.570. The van der Waals surface area contributed by atoms with Crippen molar-refractivity contribution in [2.75, 3.05) is 10.8 Å². The highest BCUT2D eigenvalue weighted by Crippen LogP contribution is 2.34. The molecule has 1 atom stereocenters. The summed E-state index contributed by atoms with van der Waals surface area (Å²) in [7, 11) is -3.65. The molecule has 7 heteroatoms. The Bertz CT molecular complexity index is 1180. The van der Waals surface area contributed by atoms with Crippen molar-refractivity contribution in [3.05, 3.63) is 94.0 Å². The maximum atomic E-state index is 13.1. The summed E-state index contributed by atoms with van der Waals surface area (Å²) in [6.07, 6.45) is 0.570.